The fourth-order valence-corrected chi connectivity index (χ4v) is 3.06. The number of hydrogen-bond donors (Lipinski definition) is 0. The third kappa shape index (κ3) is 2.97. The van der Waals surface area contributed by atoms with E-state index in [1.165, 1.54) is 0 Å². The van der Waals surface area contributed by atoms with Gasteiger partial charge < -0.3 is 4.74 Å². The molecule has 21 heavy (non-hydrogen) atoms. The van der Waals surface area contributed by atoms with Crippen molar-refractivity contribution in [3.8, 4) is 5.75 Å². The van der Waals surface area contributed by atoms with E-state index < -0.39 is 0 Å². The Bertz CT molecular complexity index is 665. The van der Waals surface area contributed by atoms with Crippen LogP contribution in [0.5, 0.6) is 5.75 Å². The molecule has 0 radical (unpaired) electrons. The van der Waals surface area contributed by atoms with Gasteiger partial charge in [0.1, 0.15) is 5.75 Å². The van der Waals surface area contributed by atoms with E-state index >= 15 is 0 Å². The highest BCUT2D eigenvalue weighted by Crippen LogP contribution is 2.23. The second kappa shape index (κ2) is 6.10. The molecule has 1 aromatic carbocycles. The van der Waals surface area contributed by atoms with Gasteiger partial charge in [0.2, 0.25) is 5.91 Å². The standard InChI is InChI=1S/C16H16N2O2S/c1-20-15-7-3-2-6-13(15)14-8-9-18(17-14)16(19)11-12-5-4-10-21-12/h2-7,10H,8-9,11H2,1H3. The molecule has 1 aliphatic heterocycles. The number of para-hydroxylation sites is 1. The summed E-state index contributed by atoms with van der Waals surface area (Å²) < 4.78 is 5.36. The lowest BCUT2D eigenvalue weighted by molar-refractivity contribution is -0.129. The minimum atomic E-state index is 0.0438. The molecule has 0 spiro atoms. The summed E-state index contributed by atoms with van der Waals surface area (Å²) >= 11 is 1.60. The minimum absolute atomic E-state index is 0.0438. The van der Waals surface area contributed by atoms with Gasteiger partial charge in [0.25, 0.3) is 0 Å². The van der Waals surface area contributed by atoms with Crippen molar-refractivity contribution in [2.75, 3.05) is 13.7 Å². The Hall–Kier alpha value is -2.14. The van der Waals surface area contributed by atoms with Crippen molar-refractivity contribution in [2.24, 2.45) is 5.10 Å². The van der Waals surface area contributed by atoms with Gasteiger partial charge in [-0.1, -0.05) is 18.2 Å². The summed E-state index contributed by atoms with van der Waals surface area (Å²) in [6.07, 6.45) is 1.18. The molecular formula is C16H16N2O2S. The Morgan fingerprint density at radius 2 is 2.19 bits per heavy atom. The molecule has 108 valence electrons. The van der Waals surface area contributed by atoms with Crippen molar-refractivity contribution >= 4 is 23.0 Å². The quantitative estimate of drug-likeness (QED) is 0.871. The van der Waals surface area contributed by atoms with Gasteiger partial charge in [-0.15, -0.1) is 11.3 Å². The first kappa shape index (κ1) is 13.8. The van der Waals surface area contributed by atoms with Crippen LogP contribution in [0.25, 0.3) is 0 Å². The SMILES string of the molecule is COc1ccccc1C1=NN(C(=O)Cc2cccs2)CC1. The minimum Gasteiger partial charge on any atom is -0.496 e. The average Bonchev–Trinajstić information content (AvgIpc) is 3.18. The number of thiophene rings is 1. The third-order valence-electron chi connectivity index (χ3n) is 3.41. The first-order valence-electron chi connectivity index (χ1n) is 6.81. The van der Waals surface area contributed by atoms with Gasteiger partial charge >= 0.3 is 0 Å². The number of hydrazone groups is 1. The van der Waals surface area contributed by atoms with E-state index in [9.17, 15) is 4.79 Å². The first-order valence-corrected chi connectivity index (χ1v) is 7.69. The van der Waals surface area contributed by atoms with Gasteiger partial charge in [-0.3, -0.25) is 4.79 Å². The highest BCUT2D eigenvalue weighted by Gasteiger charge is 2.23. The number of carbonyl (C=O) groups excluding carboxylic acids is 1. The predicted molar refractivity (Wildman–Crippen MR) is 83.9 cm³/mol. The van der Waals surface area contributed by atoms with Crippen LogP contribution in [0.1, 0.15) is 16.9 Å². The van der Waals surface area contributed by atoms with Crippen LogP contribution in [0, 0.1) is 0 Å². The van der Waals surface area contributed by atoms with Crippen molar-refractivity contribution in [3.63, 3.8) is 0 Å². The number of benzene rings is 1. The molecule has 1 aromatic heterocycles. The molecule has 2 heterocycles. The van der Waals surface area contributed by atoms with E-state index in [-0.39, 0.29) is 5.91 Å². The van der Waals surface area contributed by atoms with Crippen LogP contribution in [-0.4, -0.2) is 30.3 Å². The van der Waals surface area contributed by atoms with Crippen LogP contribution >= 0.6 is 11.3 Å². The van der Waals surface area contributed by atoms with E-state index in [2.05, 4.69) is 5.10 Å². The Balaban J connectivity index is 1.76. The summed E-state index contributed by atoms with van der Waals surface area (Å²) in [6, 6.07) is 11.7. The monoisotopic (exact) mass is 300 g/mol. The van der Waals surface area contributed by atoms with E-state index in [1.54, 1.807) is 23.5 Å². The zero-order chi connectivity index (χ0) is 14.7. The number of nitrogens with zero attached hydrogens (tertiary/aromatic N) is 2. The summed E-state index contributed by atoms with van der Waals surface area (Å²) in [4.78, 5) is 13.3. The summed E-state index contributed by atoms with van der Waals surface area (Å²) in [5, 5.41) is 8.03. The first-order chi connectivity index (χ1) is 10.3. The molecule has 0 saturated heterocycles. The fourth-order valence-electron chi connectivity index (χ4n) is 2.36. The molecule has 0 bridgehead atoms. The van der Waals surface area contributed by atoms with E-state index in [1.807, 2.05) is 41.8 Å². The maximum absolute atomic E-state index is 12.2. The Morgan fingerprint density at radius 3 is 2.95 bits per heavy atom. The van der Waals surface area contributed by atoms with E-state index in [4.69, 9.17) is 4.74 Å². The van der Waals surface area contributed by atoms with Crippen molar-refractivity contribution in [3.05, 3.63) is 52.2 Å². The number of ether oxygens (including phenoxy) is 1. The zero-order valence-corrected chi connectivity index (χ0v) is 12.6. The molecule has 3 rings (SSSR count). The van der Waals surface area contributed by atoms with Crippen LogP contribution < -0.4 is 4.74 Å². The molecule has 0 atom stereocenters. The van der Waals surface area contributed by atoms with Crippen molar-refractivity contribution in [2.45, 2.75) is 12.8 Å². The lowest BCUT2D eigenvalue weighted by Gasteiger charge is -2.10. The molecule has 0 unspecified atom stereocenters. The number of rotatable bonds is 4. The summed E-state index contributed by atoms with van der Waals surface area (Å²) in [6.45, 7) is 0.636. The molecule has 1 aliphatic rings. The van der Waals surface area contributed by atoms with Crippen LogP contribution in [0.15, 0.2) is 46.9 Å². The van der Waals surface area contributed by atoms with Crippen LogP contribution in [0.4, 0.5) is 0 Å². The van der Waals surface area contributed by atoms with Gasteiger partial charge in [-0.05, 0) is 23.6 Å². The van der Waals surface area contributed by atoms with Gasteiger partial charge in [0.05, 0.1) is 25.8 Å². The predicted octanol–water partition coefficient (Wildman–Crippen LogP) is 2.94. The van der Waals surface area contributed by atoms with E-state index in [0.717, 1.165) is 28.3 Å². The number of hydrogen-bond acceptors (Lipinski definition) is 4. The van der Waals surface area contributed by atoms with Gasteiger partial charge in [0, 0.05) is 16.9 Å². The Labute approximate surface area is 127 Å². The number of carbonyl (C=O) groups is 1. The highest BCUT2D eigenvalue weighted by molar-refractivity contribution is 7.10. The zero-order valence-electron chi connectivity index (χ0n) is 11.8. The molecule has 0 N–H and O–H groups in total. The van der Waals surface area contributed by atoms with Crippen LogP contribution in [0.2, 0.25) is 0 Å². The fraction of sp³-hybridized carbons (Fsp3) is 0.250. The maximum Gasteiger partial charge on any atom is 0.247 e. The molecule has 5 heteroatoms. The molecule has 0 aliphatic carbocycles. The lowest BCUT2D eigenvalue weighted by Crippen LogP contribution is -2.24. The molecule has 0 saturated carbocycles. The highest BCUT2D eigenvalue weighted by atomic mass is 32.1. The van der Waals surface area contributed by atoms with E-state index in [0.29, 0.717) is 13.0 Å². The van der Waals surface area contributed by atoms with Gasteiger partial charge in [-0.2, -0.15) is 5.10 Å². The maximum atomic E-state index is 12.2. The number of amides is 1. The normalized spacial score (nSPS) is 14.1. The topological polar surface area (TPSA) is 41.9 Å². The number of methoxy groups -OCH3 is 1. The Kier molecular flexibility index (Phi) is 4.01. The van der Waals surface area contributed by atoms with Gasteiger partial charge in [-0.25, -0.2) is 5.01 Å². The lowest BCUT2D eigenvalue weighted by atomic mass is 10.1. The molecule has 2 aromatic rings. The van der Waals surface area contributed by atoms with Crippen molar-refractivity contribution in [1.29, 1.82) is 0 Å². The summed E-state index contributed by atoms with van der Waals surface area (Å²) in [5.41, 5.74) is 1.87. The van der Waals surface area contributed by atoms with Crippen LogP contribution in [0.3, 0.4) is 0 Å². The van der Waals surface area contributed by atoms with Gasteiger partial charge in [0.15, 0.2) is 0 Å². The average molecular weight is 300 g/mol. The molecule has 0 fully saturated rings. The molecule has 1 amide bonds. The molecular weight excluding hydrogens is 284 g/mol. The summed E-state index contributed by atoms with van der Waals surface area (Å²) in [5.74, 6) is 0.839. The summed E-state index contributed by atoms with van der Waals surface area (Å²) in [7, 11) is 1.65. The second-order valence-electron chi connectivity index (χ2n) is 4.77. The third-order valence-corrected chi connectivity index (χ3v) is 4.29. The smallest absolute Gasteiger partial charge is 0.247 e. The Morgan fingerprint density at radius 1 is 1.33 bits per heavy atom. The van der Waals surface area contributed by atoms with Crippen molar-refractivity contribution < 1.29 is 9.53 Å². The van der Waals surface area contributed by atoms with Crippen molar-refractivity contribution in [1.82, 2.24) is 5.01 Å². The largest absolute Gasteiger partial charge is 0.496 e. The molecule has 4 nitrogen and oxygen atoms in total. The second-order valence-corrected chi connectivity index (χ2v) is 5.80. The van der Waals surface area contributed by atoms with Crippen LogP contribution in [-0.2, 0) is 11.2 Å².